The van der Waals surface area contributed by atoms with Crippen LogP contribution in [-0.4, -0.2) is 44.8 Å². The topological polar surface area (TPSA) is 79.2 Å². The van der Waals surface area contributed by atoms with Crippen molar-refractivity contribution in [1.29, 1.82) is 0 Å². The average molecular weight is 480 g/mol. The van der Waals surface area contributed by atoms with Crippen molar-refractivity contribution >= 4 is 35.1 Å². The first-order chi connectivity index (χ1) is 16.5. The van der Waals surface area contributed by atoms with Crippen LogP contribution >= 0.6 is 11.8 Å². The molecule has 0 radical (unpaired) electrons. The van der Waals surface area contributed by atoms with Crippen molar-refractivity contribution in [1.82, 2.24) is 19.7 Å². The normalized spacial score (nSPS) is 19.2. The molecule has 8 nitrogen and oxygen atoms in total. The fraction of sp³-hybridized carbons (Fsp3) is 0.333. The van der Waals surface area contributed by atoms with Gasteiger partial charge in [-0.2, -0.15) is 10.1 Å². The second-order valence-corrected chi connectivity index (χ2v) is 9.26. The third-order valence-corrected chi connectivity index (χ3v) is 7.21. The number of anilines is 3. The maximum atomic E-state index is 13.4. The van der Waals surface area contributed by atoms with Gasteiger partial charge in [0.15, 0.2) is 11.4 Å². The molecule has 1 N–H and O–H groups in total. The van der Waals surface area contributed by atoms with Gasteiger partial charge in [0.05, 0.1) is 18.9 Å². The monoisotopic (exact) mass is 479 g/mol. The Morgan fingerprint density at radius 1 is 1.15 bits per heavy atom. The van der Waals surface area contributed by atoms with Gasteiger partial charge in [-0.25, -0.2) is 9.37 Å². The van der Waals surface area contributed by atoms with Crippen LogP contribution in [0.4, 0.5) is 21.8 Å². The number of hydrogen-bond acceptors (Lipinski definition) is 7. The van der Waals surface area contributed by atoms with Crippen LogP contribution in [0.25, 0.3) is 0 Å². The molecule has 2 aliphatic heterocycles. The lowest BCUT2D eigenvalue weighted by atomic mass is 9.89. The summed E-state index contributed by atoms with van der Waals surface area (Å²) in [5.74, 6) is 1.05. The lowest BCUT2D eigenvalue weighted by molar-refractivity contribution is -0.122. The first-order valence-electron chi connectivity index (χ1n) is 11.3. The summed E-state index contributed by atoms with van der Waals surface area (Å²) in [5.41, 5.74) is 1.97. The van der Waals surface area contributed by atoms with Crippen molar-refractivity contribution in [2.45, 2.75) is 38.9 Å². The molecule has 176 valence electrons. The smallest absolute Gasteiger partial charge is 0.258 e. The Morgan fingerprint density at radius 3 is 2.59 bits per heavy atom. The number of aromatic nitrogens is 4. The largest absolute Gasteiger partial charge is 0.350 e. The minimum Gasteiger partial charge on any atom is -0.350 e. The van der Waals surface area contributed by atoms with Crippen LogP contribution in [0.3, 0.4) is 0 Å². The van der Waals surface area contributed by atoms with Crippen LogP contribution in [0, 0.1) is 5.82 Å². The van der Waals surface area contributed by atoms with Gasteiger partial charge in [-0.15, -0.1) is 0 Å². The van der Waals surface area contributed by atoms with E-state index in [0.29, 0.717) is 32.0 Å². The molecule has 0 unspecified atom stereocenters. The fourth-order valence-electron chi connectivity index (χ4n) is 4.46. The summed E-state index contributed by atoms with van der Waals surface area (Å²) in [6.45, 7) is 5.63. The van der Waals surface area contributed by atoms with Crippen molar-refractivity contribution in [2.24, 2.45) is 0 Å². The molecule has 1 aromatic carbocycles. The lowest BCUT2D eigenvalue weighted by Gasteiger charge is -2.47. The number of benzene rings is 1. The number of thioether (sulfide) groups is 1. The molecule has 5 rings (SSSR count). The highest BCUT2D eigenvalue weighted by atomic mass is 32.2. The van der Waals surface area contributed by atoms with Crippen LogP contribution in [0.5, 0.6) is 0 Å². The Labute approximate surface area is 201 Å². The zero-order valence-corrected chi connectivity index (χ0v) is 20.1. The Hall–Kier alpha value is -3.40. The van der Waals surface area contributed by atoms with E-state index in [1.54, 1.807) is 41.2 Å². The third-order valence-electron chi connectivity index (χ3n) is 6.40. The average Bonchev–Trinajstić information content (AvgIpc) is 3.60. The first kappa shape index (κ1) is 22.4. The second kappa shape index (κ2) is 8.75. The number of carbonyl (C=O) groups excluding carboxylic acids is 1. The Bertz CT molecular complexity index is 1260. The highest BCUT2D eigenvalue weighted by Gasteiger charge is 2.54. The van der Waals surface area contributed by atoms with Crippen LogP contribution in [0.1, 0.15) is 31.4 Å². The van der Waals surface area contributed by atoms with Crippen LogP contribution in [-0.2, 0) is 17.9 Å². The number of hydrogen-bond donors (Lipinski definition) is 1. The van der Waals surface area contributed by atoms with Crippen molar-refractivity contribution < 1.29 is 9.18 Å². The second-order valence-electron chi connectivity index (χ2n) is 8.35. The van der Waals surface area contributed by atoms with E-state index >= 15 is 0 Å². The standard InChI is InChI=1S/C24H26FN7OS/c1-4-24(20-15-34-20)22(33)32(5-2)19-12-27-23(29-21(19)30(24)3)26-10-17-11-28-31(14-17)13-16-6-8-18(25)9-7-16/h6-9,11-12,14-15H,4-5,10,13H2,1-3H3,(H,26,27,29)/t24-/m0/s1. The summed E-state index contributed by atoms with van der Waals surface area (Å²) in [6, 6.07) is 6.40. The molecule has 0 saturated carbocycles. The fourth-order valence-corrected chi connectivity index (χ4v) is 5.28. The van der Waals surface area contributed by atoms with Gasteiger partial charge < -0.3 is 15.1 Å². The SMILES string of the molecule is CCN1C(=O)[C@](CC)(C2=CS2)N(C)c2nc(NCc3cnn(Cc4ccc(F)cc4)c3)ncc21. The van der Waals surface area contributed by atoms with Crippen LogP contribution in [0.15, 0.2) is 53.2 Å². The number of likely N-dealkylation sites (N-methyl/N-ethyl adjacent to an activating group) is 2. The number of amides is 1. The molecule has 1 atom stereocenters. The molecule has 0 spiro atoms. The quantitative estimate of drug-likeness (QED) is 0.523. The van der Waals surface area contributed by atoms with E-state index in [9.17, 15) is 9.18 Å². The number of nitrogens with one attached hydrogen (secondary N) is 1. The van der Waals surface area contributed by atoms with Crippen LogP contribution in [0.2, 0.25) is 0 Å². The summed E-state index contributed by atoms with van der Waals surface area (Å²) in [5, 5.41) is 9.71. The first-order valence-corrected chi connectivity index (χ1v) is 12.1. The molecule has 4 heterocycles. The maximum Gasteiger partial charge on any atom is 0.258 e. The molecule has 0 saturated heterocycles. The van der Waals surface area contributed by atoms with Gasteiger partial charge >= 0.3 is 0 Å². The molecule has 0 aliphatic carbocycles. The molecular formula is C24H26FN7OS. The zero-order chi connectivity index (χ0) is 23.9. The molecule has 34 heavy (non-hydrogen) atoms. The van der Waals surface area contributed by atoms with E-state index in [4.69, 9.17) is 4.98 Å². The van der Waals surface area contributed by atoms with Gasteiger partial charge in [-0.3, -0.25) is 9.48 Å². The molecule has 1 amide bonds. The van der Waals surface area contributed by atoms with Crippen LogP contribution < -0.4 is 15.1 Å². The van der Waals surface area contributed by atoms with E-state index in [1.165, 1.54) is 12.1 Å². The summed E-state index contributed by atoms with van der Waals surface area (Å²) >= 11 is 1.62. The number of fused-ring (bicyclic) bond motifs is 1. The van der Waals surface area contributed by atoms with E-state index < -0.39 is 5.54 Å². The highest BCUT2D eigenvalue weighted by molar-refractivity contribution is 8.12. The van der Waals surface area contributed by atoms with Gasteiger partial charge in [0.2, 0.25) is 5.95 Å². The summed E-state index contributed by atoms with van der Waals surface area (Å²) in [6.07, 6.45) is 6.11. The van der Waals surface area contributed by atoms with Crippen molar-refractivity contribution in [3.05, 3.63) is 70.1 Å². The molecule has 10 heteroatoms. The number of nitrogens with zero attached hydrogens (tertiary/aromatic N) is 6. The minimum atomic E-state index is -0.708. The summed E-state index contributed by atoms with van der Waals surface area (Å²) in [4.78, 5) is 27.5. The van der Waals surface area contributed by atoms with E-state index in [0.717, 1.165) is 27.5 Å². The minimum absolute atomic E-state index is 0.0710. The highest BCUT2D eigenvalue weighted by Crippen LogP contribution is 2.52. The molecular weight excluding hydrogens is 453 g/mol. The van der Waals surface area contributed by atoms with E-state index in [1.807, 2.05) is 42.1 Å². The number of halogens is 1. The van der Waals surface area contributed by atoms with Crippen molar-refractivity contribution in [2.75, 3.05) is 28.7 Å². The van der Waals surface area contributed by atoms with Gasteiger partial charge in [-0.05, 0) is 36.4 Å². The van der Waals surface area contributed by atoms with Gasteiger partial charge in [0.25, 0.3) is 5.91 Å². The molecule has 0 fully saturated rings. The van der Waals surface area contributed by atoms with Gasteiger partial charge in [0, 0.05) is 36.8 Å². The number of rotatable bonds is 8. The van der Waals surface area contributed by atoms with E-state index in [-0.39, 0.29) is 11.7 Å². The molecule has 3 aromatic rings. The predicted octanol–water partition coefficient (Wildman–Crippen LogP) is 4.01. The Kier molecular flexibility index (Phi) is 5.76. The van der Waals surface area contributed by atoms with Gasteiger partial charge in [-0.1, -0.05) is 30.8 Å². The summed E-state index contributed by atoms with van der Waals surface area (Å²) < 4.78 is 14.9. The number of carbonyl (C=O) groups is 1. The molecule has 2 aliphatic rings. The van der Waals surface area contributed by atoms with Crippen molar-refractivity contribution in [3.8, 4) is 0 Å². The maximum absolute atomic E-state index is 13.4. The van der Waals surface area contributed by atoms with E-state index in [2.05, 4.69) is 15.4 Å². The van der Waals surface area contributed by atoms with Crippen molar-refractivity contribution in [3.63, 3.8) is 0 Å². The third kappa shape index (κ3) is 3.81. The molecule has 2 aromatic heterocycles. The lowest BCUT2D eigenvalue weighted by Crippen LogP contribution is -2.62. The summed E-state index contributed by atoms with van der Waals surface area (Å²) in [7, 11) is 1.93. The predicted molar refractivity (Wildman–Crippen MR) is 132 cm³/mol. The Balaban J connectivity index is 1.33. The van der Waals surface area contributed by atoms with Gasteiger partial charge in [0.1, 0.15) is 11.5 Å². The Morgan fingerprint density at radius 2 is 1.91 bits per heavy atom. The molecule has 0 bridgehead atoms. The zero-order valence-electron chi connectivity index (χ0n) is 19.3.